The van der Waals surface area contributed by atoms with Crippen molar-refractivity contribution in [3.8, 4) is 0 Å². The Bertz CT molecular complexity index is 1860. The zero-order chi connectivity index (χ0) is 65.9. The highest BCUT2D eigenvalue weighted by molar-refractivity contribution is 5.71. The zero-order valence-electron chi connectivity index (χ0n) is 61.4. The lowest BCUT2D eigenvalue weighted by molar-refractivity contribution is -0.167. The van der Waals surface area contributed by atoms with E-state index in [4.69, 9.17) is 14.2 Å². The minimum absolute atomic E-state index is 0.0766. The normalized spacial score (nSPS) is 22.5. The molecule has 0 aromatic carbocycles. The molecule has 0 radical (unpaired) electrons. The van der Waals surface area contributed by atoms with Crippen molar-refractivity contribution in [1.29, 1.82) is 0 Å². The van der Waals surface area contributed by atoms with Gasteiger partial charge in [-0.15, -0.1) is 0 Å². The van der Waals surface area contributed by atoms with Crippen molar-refractivity contribution in [2.24, 2.45) is 46.3 Å². The van der Waals surface area contributed by atoms with Gasteiger partial charge in [0, 0.05) is 19.3 Å². The number of allylic oxidation sites excluding steroid dienone is 7. The van der Waals surface area contributed by atoms with E-state index in [0.29, 0.717) is 30.1 Å². The van der Waals surface area contributed by atoms with E-state index in [1.165, 1.54) is 231 Å². The SMILES string of the molecule is CC(C)CCC[C@@H](C)[C@H]1CC[C@H]2[C@@H]3CC=C4C[C@@H](O)CC[C@]4(C)[C@H]3CC[C@]12C.CCCCCCCC/C=C/CCCCCCCC(=O)OCC(COC(=O)CCCCCCC/C=C/CCCCCCCC)OC(=O)CCCCCCC/C=C/CCCCCCCC. The lowest BCUT2D eigenvalue weighted by atomic mass is 9.47. The van der Waals surface area contributed by atoms with Gasteiger partial charge >= 0.3 is 17.9 Å². The number of aliphatic hydroxyl groups is 1. The van der Waals surface area contributed by atoms with Gasteiger partial charge in [0.1, 0.15) is 13.2 Å². The Hall–Kier alpha value is -2.67. The predicted molar refractivity (Wildman–Crippen MR) is 389 cm³/mol. The predicted octanol–water partition coefficient (Wildman–Crippen LogP) is 25.5. The van der Waals surface area contributed by atoms with Crippen molar-refractivity contribution in [2.45, 2.75) is 408 Å². The third kappa shape index (κ3) is 37.4. The number of hydrogen-bond donors (Lipinski definition) is 1. The zero-order valence-corrected chi connectivity index (χ0v) is 61.4. The standard InChI is InChI=1S/C57H104O6.C27H46O/c1-4-7-10-13-16-19-22-25-28-31-34-37-40-43-46-49-55(58)61-52-54(63-57(60)51-48-45-42-39-36-33-30-27-24-21-18-15-12-9-6-3)53-62-56(59)50-47-44-41-38-35-32-29-26-23-20-17-14-11-8-5-2;1-18(2)7-6-8-19(3)23-11-12-24-22-10-9-20-17-21(28)13-15-26(20,4)25(22)14-16-27(23,24)5/h25-30,54H,4-24,31-53H2,1-3H3;9,18-19,21-25,28H,6-8,10-17H2,1-5H3/b28-25+,29-26+,30-27+;/t;19-,21+,22+,23-,24+,25+,26+,27-/m.1/s1. The molecule has 7 nitrogen and oxygen atoms in total. The molecule has 0 aromatic heterocycles. The van der Waals surface area contributed by atoms with Crippen LogP contribution in [0.25, 0.3) is 0 Å². The number of carbonyl (C=O) groups is 3. The van der Waals surface area contributed by atoms with Gasteiger partial charge in [-0.25, -0.2) is 0 Å². The lowest BCUT2D eigenvalue weighted by Crippen LogP contribution is -2.50. The Morgan fingerprint density at radius 1 is 0.473 bits per heavy atom. The number of rotatable bonds is 55. The van der Waals surface area contributed by atoms with Crippen LogP contribution in [0.1, 0.15) is 396 Å². The van der Waals surface area contributed by atoms with Crippen LogP contribution in [0.15, 0.2) is 48.1 Å². The Balaban J connectivity index is 0.000000629. The maximum absolute atomic E-state index is 12.8. The first-order chi connectivity index (χ1) is 44.3. The largest absolute Gasteiger partial charge is 0.462 e. The molecule has 7 heteroatoms. The first-order valence-corrected chi connectivity index (χ1v) is 40.1. The van der Waals surface area contributed by atoms with Crippen LogP contribution < -0.4 is 0 Å². The summed E-state index contributed by atoms with van der Waals surface area (Å²) in [6.45, 7) is 19.2. The summed E-state index contributed by atoms with van der Waals surface area (Å²) in [5.41, 5.74) is 2.60. The summed E-state index contributed by atoms with van der Waals surface area (Å²) in [4.78, 5) is 38.0. The summed E-state index contributed by atoms with van der Waals surface area (Å²) in [5.74, 6) is 4.56. The van der Waals surface area contributed by atoms with Gasteiger partial charge in [-0.2, -0.15) is 0 Å². The number of ether oxygens (including phenoxy) is 3. The van der Waals surface area contributed by atoms with Crippen LogP contribution >= 0.6 is 0 Å². The maximum atomic E-state index is 12.8. The third-order valence-electron chi connectivity index (χ3n) is 22.4. The van der Waals surface area contributed by atoms with Crippen LogP contribution in [-0.2, 0) is 28.6 Å². The van der Waals surface area contributed by atoms with Gasteiger partial charge in [0.15, 0.2) is 6.10 Å². The van der Waals surface area contributed by atoms with Crippen molar-refractivity contribution in [3.05, 3.63) is 48.1 Å². The highest BCUT2D eigenvalue weighted by Crippen LogP contribution is 2.67. The summed E-state index contributed by atoms with van der Waals surface area (Å²) < 4.78 is 16.8. The van der Waals surface area contributed by atoms with Crippen molar-refractivity contribution >= 4 is 17.9 Å². The van der Waals surface area contributed by atoms with Gasteiger partial charge in [-0.3, -0.25) is 14.4 Å². The van der Waals surface area contributed by atoms with Crippen LogP contribution in [0.4, 0.5) is 0 Å². The molecule has 0 aromatic rings. The molecule has 3 fully saturated rings. The van der Waals surface area contributed by atoms with Gasteiger partial charge in [0.05, 0.1) is 6.10 Å². The molecule has 0 bridgehead atoms. The molecule has 3 saturated carbocycles. The molecule has 8 atom stereocenters. The summed E-state index contributed by atoms with van der Waals surface area (Å²) in [6, 6.07) is 0. The molecule has 91 heavy (non-hydrogen) atoms. The number of hydrogen-bond acceptors (Lipinski definition) is 7. The Labute approximate surface area is 564 Å². The van der Waals surface area contributed by atoms with Crippen LogP contribution in [-0.4, -0.2) is 48.4 Å². The first kappa shape index (κ1) is 82.6. The fourth-order valence-corrected chi connectivity index (χ4v) is 16.6. The quantitative estimate of drug-likeness (QED) is 0.0280. The molecule has 4 aliphatic rings. The summed E-state index contributed by atoms with van der Waals surface area (Å²) in [6.07, 6.45) is 78.4. The van der Waals surface area contributed by atoms with E-state index in [0.717, 1.165) is 125 Å². The lowest BCUT2D eigenvalue weighted by Gasteiger charge is -2.58. The van der Waals surface area contributed by atoms with E-state index in [-0.39, 0.29) is 37.2 Å². The van der Waals surface area contributed by atoms with Gasteiger partial charge < -0.3 is 19.3 Å². The average Bonchev–Trinajstić information content (AvgIpc) is 1.70. The fourth-order valence-electron chi connectivity index (χ4n) is 16.6. The molecule has 0 saturated heterocycles. The van der Waals surface area contributed by atoms with E-state index in [1.807, 2.05) is 0 Å². The van der Waals surface area contributed by atoms with E-state index in [9.17, 15) is 19.5 Å². The van der Waals surface area contributed by atoms with E-state index in [2.05, 4.69) is 97.9 Å². The van der Waals surface area contributed by atoms with Crippen molar-refractivity contribution in [1.82, 2.24) is 0 Å². The summed E-state index contributed by atoms with van der Waals surface area (Å²) in [5, 5.41) is 10.2. The number of fused-ring (bicyclic) bond motifs is 5. The van der Waals surface area contributed by atoms with Crippen molar-refractivity contribution < 1.29 is 33.7 Å². The molecular weight excluding hydrogens is 1120 g/mol. The van der Waals surface area contributed by atoms with Gasteiger partial charge in [0.2, 0.25) is 0 Å². The van der Waals surface area contributed by atoms with Crippen LogP contribution in [0.2, 0.25) is 0 Å². The average molecular weight is 1270 g/mol. The van der Waals surface area contributed by atoms with Gasteiger partial charge in [-0.1, -0.05) is 277 Å². The first-order valence-electron chi connectivity index (χ1n) is 40.1. The Morgan fingerprint density at radius 3 is 1.29 bits per heavy atom. The molecule has 528 valence electrons. The van der Waals surface area contributed by atoms with E-state index in [1.54, 1.807) is 5.57 Å². The molecule has 4 aliphatic carbocycles. The molecule has 0 heterocycles. The second kappa shape index (κ2) is 53.5. The second-order valence-electron chi connectivity index (χ2n) is 30.7. The molecule has 4 rings (SSSR count). The number of unbranched alkanes of at least 4 members (excludes halogenated alkanes) is 33. The molecule has 1 N–H and O–H groups in total. The van der Waals surface area contributed by atoms with Crippen molar-refractivity contribution in [3.63, 3.8) is 0 Å². The smallest absolute Gasteiger partial charge is 0.306 e. The van der Waals surface area contributed by atoms with Crippen LogP contribution in [0.3, 0.4) is 0 Å². The molecular formula is C84H150O7. The van der Waals surface area contributed by atoms with Gasteiger partial charge in [-0.05, 0) is 194 Å². The maximum Gasteiger partial charge on any atom is 0.306 e. The number of esters is 3. The van der Waals surface area contributed by atoms with Crippen LogP contribution in [0, 0.1) is 46.3 Å². The monoisotopic (exact) mass is 1270 g/mol. The van der Waals surface area contributed by atoms with E-state index >= 15 is 0 Å². The molecule has 0 amide bonds. The highest BCUT2D eigenvalue weighted by atomic mass is 16.6. The second-order valence-corrected chi connectivity index (χ2v) is 30.7. The van der Waals surface area contributed by atoms with Crippen molar-refractivity contribution in [2.75, 3.05) is 13.2 Å². The Morgan fingerprint density at radius 2 is 0.868 bits per heavy atom. The molecule has 0 spiro atoms. The minimum atomic E-state index is -0.781. The minimum Gasteiger partial charge on any atom is -0.462 e. The number of carbonyl (C=O) groups excluding carboxylic acids is 3. The summed E-state index contributed by atoms with van der Waals surface area (Å²) in [7, 11) is 0. The van der Waals surface area contributed by atoms with E-state index < -0.39 is 6.10 Å². The fraction of sp³-hybridized carbons (Fsp3) is 0.869. The number of aliphatic hydroxyl groups excluding tert-OH is 1. The highest BCUT2D eigenvalue weighted by Gasteiger charge is 2.59. The Kier molecular flexibility index (Phi) is 48.5. The topological polar surface area (TPSA) is 99.1 Å². The molecule has 0 unspecified atom stereocenters. The van der Waals surface area contributed by atoms with Crippen LogP contribution in [0.5, 0.6) is 0 Å². The summed E-state index contributed by atoms with van der Waals surface area (Å²) >= 11 is 0. The van der Waals surface area contributed by atoms with Gasteiger partial charge in [0.25, 0.3) is 0 Å². The molecule has 0 aliphatic heterocycles. The third-order valence-corrected chi connectivity index (χ3v) is 22.4.